The van der Waals surface area contributed by atoms with Gasteiger partial charge in [0.05, 0.1) is 22.4 Å². The maximum Gasteiger partial charge on any atom is 0.333 e. The van der Waals surface area contributed by atoms with E-state index in [0.29, 0.717) is 52.2 Å². The molecule has 5 aromatic rings. The number of hydrogen-bond donors (Lipinski definition) is 3. The number of anilines is 1. The summed E-state index contributed by atoms with van der Waals surface area (Å²) < 4.78 is 2.68. The molecule has 0 radical (unpaired) electrons. The van der Waals surface area contributed by atoms with Crippen LogP contribution in [0.1, 0.15) is 30.5 Å². The Labute approximate surface area is 269 Å². The second-order valence-electron chi connectivity index (χ2n) is 11.7. The number of fused-ring (bicyclic) bond motifs is 2. The van der Waals surface area contributed by atoms with Crippen LogP contribution in [0, 0.1) is 0 Å². The summed E-state index contributed by atoms with van der Waals surface area (Å²) in [4.78, 5) is 58.6. The number of aryl methyl sites for hydroxylation is 1. The van der Waals surface area contributed by atoms with E-state index in [4.69, 9.17) is 14.8 Å². The predicted octanol–water partition coefficient (Wildman–Crippen LogP) is 2.94. The fourth-order valence-corrected chi connectivity index (χ4v) is 6.17. The lowest BCUT2D eigenvalue weighted by Gasteiger charge is -2.32. The molecule has 3 aromatic heterocycles. The number of aromatic nitrogens is 4. The number of imide groups is 1. The number of carbonyl (C=O) groups excluding carboxylic acids is 3. The van der Waals surface area contributed by atoms with E-state index < -0.39 is 17.8 Å². The van der Waals surface area contributed by atoms with Crippen molar-refractivity contribution >= 4 is 56.7 Å². The van der Waals surface area contributed by atoms with Gasteiger partial charge in [0.15, 0.2) is 0 Å². The fraction of sp³-hybridized carbons (Fsp3) is 0.265. The highest BCUT2D eigenvalue weighted by Crippen LogP contribution is 2.38. The van der Waals surface area contributed by atoms with Crippen LogP contribution in [0.15, 0.2) is 66.9 Å². The first-order valence-electron chi connectivity index (χ1n) is 15.5. The summed E-state index contributed by atoms with van der Waals surface area (Å²) in [5.74, 6) is -1.83. The van der Waals surface area contributed by atoms with Gasteiger partial charge in [-0.15, -0.1) is 4.73 Å². The van der Waals surface area contributed by atoms with Gasteiger partial charge in [-0.1, -0.05) is 36.4 Å². The lowest BCUT2D eigenvalue weighted by molar-refractivity contribution is -0.145. The van der Waals surface area contributed by atoms with Crippen LogP contribution in [0.3, 0.4) is 0 Å². The Bertz CT molecular complexity index is 2050. The summed E-state index contributed by atoms with van der Waals surface area (Å²) in [5.41, 5.74) is 3.06. The first-order chi connectivity index (χ1) is 22.8. The topological polar surface area (TPSA) is 155 Å². The maximum atomic E-state index is 13.6. The summed E-state index contributed by atoms with van der Waals surface area (Å²) in [6.07, 6.45) is 3.00. The molecule has 13 heteroatoms. The molecule has 1 fully saturated rings. The highest BCUT2D eigenvalue weighted by molar-refractivity contribution is 6.50. The first-order valence-corrected chi connectivity index (χ1v) is 15.5. The van der Waals surface area contributed by atoms with Gasteiger partial charge in [-0.2, -0.15) is 0 Å². The van der Waals surface area contributed by atoms with Crippen molar-refractivity contribution in [1.82, 2.24) is 29.5 Å². The molecule has 0 bridgehead atoms. The molecule has 2 aromatic carbocycles. The molecule has 13 nitrogen and oxygen atoms in total. The molecule has 0 unspecified atom stereocenters. The van der Waals surface area contributed by atoms with E-state index in [1.807, 2.05) is 59.3 Å². The number of para-hydroxylation sites is 2. The minimum Gasteiger partial charge on any atom is -0.492 e. The van der Waals surface area contributed by atoms with E-state index in [2.05, 4.69) is 22.2 Å². The number of nitrogens with zero attached hydrogens (tertiary/aromatic N) is 6. The number of carbonyl (C=O) groups is 3. The van der Waals surface area contributed by atoms with E-state index in [9.17, 15) is 24.6 Å². The number of benzene rings is 2. The number of nitrogens with one attached hydrogen (secondary N) is 1. The Kier molecular flexibility index (Phi) is 7.82. The van der Waals surface area contributed by atoms with Crippen molar-refractivity contribution in [3.63, 3.8) is 0 Å². The van der Waals surface area contributed by atoms with Crippen molar-refractivity contribution in [1.29, 1.82) is 0 Å². The summed E-state index contributed by atoms with van der Waals surface area (Å²) in [5, 5.41) is 23.4. The minimum atomic E-state index is -0.603. The third kappa shape index (κ3) is 5.65. The van der Waals surface area contributed by atoms with Gasteiger partial charge in [-0.25, -0.2) is 14.8 Å². The van der Waals surface area contributed by atoms with Gasteiger partial charge in [-0.05, 0) is 32.0 Å². The highest BCUT2D eigenvalue weighted by atomic mass is 16.7. The van der Waals surface area contributed by atoms with Crippen LogP contribution in [0.2, 0.25) is 0 Å². The van der Waals surface area contributed by atoms with Gasteiger partial charge in [0.2, 0.25) is 17.7 Å². The van der Waals surface area contributed by atoms with E-state index in [0.717, 1.165) is 37.1 Å². The molecule has 7 rings (SSSR count). The van der Waals surface area contributed by atoms with Crippen molar-refractivity contribution in [2.45, 2.75) is 25.8 Å². The largest absolute Gasteiger partial charge is 0.492 e. The van der Waals surface area contributed by atoms with Gasteiger partial charge in [-0.3, -0.25) is 14.9 Å². The number of unbranched alkanes of at least 4 members (excludes halogenated alkanes) is 1. The Hall–Kier alpha value is -5.69. The van der Waals surface area contributed by atoms with E-state index >= 15 is 0 Å². The number of aromatic hydroxyl groups is 2. The van der Waals surface area contributed by atoms with Gasteiger partial charge in [0.25, 0.3) is 11.8 Å². The Morgan fingerprint density at radius 2 is 1.53 bits per heavy atom. The Morgan fingerprint density at radius 3 is 2.30 bits per heavy atom. The third-order valence-corrected chi connectivity index (χ3v) is 8.62. The number of likely N-dealkylation sites (N-methyl/N-ethyl adjacent to an activating group) is 1. The van der Waals surface area contributed by atoms with Crippen LogP contribution in [0.25, 0.3) is 33.0 Å². The minimum absolute atomic E-state index is 0.0613. The monoisotopic (exact) mass is 635 g/mol. The van der Waals surface area contributed by atoms with Crippen LogP contribution >= 0.6 is 0 Å². The molecule has 0 saturated carbocycles. The van der Waals surface area contributed by atoms with Crippen molar-refractivity contribution in [3.8, 4) is 11.8 Å². The summed E-state index contributed by atoms with van der Waals surface area (Å²) in [6.45, 7) is 3.73. The van der Waals surface area contributed by atoms with Crippen LogP contribution in [0.5, 0.6) is 11.8 Å². The van der Waals surface area contributed by atoms with Crippen LogP contribution in [-0.4, -0.2) is 85.4 Å². The van der Waals surface area contributed by atoms with E-state index in [1.54, 1.807) is 0 Å². The fourth-order valence-electron chi connectivity index (χ4n) is 6.17. The number of amides is 2. The zero-order valence-corrected chi connectivity index (χ0v) is 25.7. The van der Waals surface area contributed by atoms with Crippen molar-refractivity contribution in [2.75, 3.05) is 38.1 Å². The number of hydrogen-bond acceptors (Lipinski definition) is 10. The third-order valence-electron chi connectivity index (χ3n) is 8.62. The van der Waals surface area contributed by atoms with Crippen molar-refractivity contribution in [3.05, 3.63) is 78.1 Å². The van der Waals surface area contributed by atoms with Crippen LogP contribution in [-0.2, 0) is 20.9 Å². The molecule has 2 aliphatic heterocycles. The molecule has 0 spiro atoms. The normalized spacial score (nSPS) is 15.6. The molecule has 47 heavy (non-hydrogen) atoms. The number of piperazine rings is 1. The average molecular weight is 636 g/mol. The zero-order chi connectivity index (χ0) is 32.7. The molecule has 2 aliphatic rings. The Morgan fingerprint density at radius 1 is 0.851 bits per heavy atom. The average Bonchev–Trinajstić information content (AvgIpc) is 3.70. The molecule has 3 N–H and O–H groups in total. The summed E-state index contributed by atoms with van der Waals surface area (Å²) >= 11 is 0. The molecule has 5 heterocycles. The molecule has 2 amide bonds. The smallest absolute Gasteiger partial charge is 0.333 e. The Balaban J connectivity index is 1.22. The van der Waals surface area contributed by atoms with Gasteiger partial charge in [0.1, 0.15) is 0 Å². The maximum absolute atomic E-state index is 13.6. The molecular weight excluding hydrogens is 602 g/mol. The van der Waals surface area contributed by atoms with Gasteiger partial charge < -0.3 is 29.4 Å². The second kappa shape index (κ2) is 12.2. The first kappa shape index (κ1) is 30.0. The van der Waals surface area contributed by atoms with E-state index in [-0.39, 0.29) is 29.3 Å². The molecule has 0 aliphatic carbocycles. The number of rotatable bonds is 9. The van der Waals surface area contributed by atoms with Gasteiger partial charge >= 0.3 is 5.97 Å². The van der Waals surface area contributed by atoms with Crippen LogP contribution in [0.4, 0.5) is 5.95 Å². The lowest BCUT2D eigenvalue weighted by atomic mass is 9.97. The SMILES string of the molecule is CN1CCN(c2nc(C3=C(c4cn(CCCCC(=O)On5c(O)ccc5O)c5ccccc45)C(=O)NC3=O)c3ccccc3n2)CC1. The van der Waals surface area contributed by atoms with Crippen LogP contribution < -0.4 is 15.1 Å². The lowest BCUT2D eigenvalue weighted by Crippen LogP contribution is -2.45. The summed E-state index contributed by atoms with van der Waals surface area (Å²) in [7, 11) is 2.07. The standard InChI is InChI=1S/C34H33N7O6/c1-38-16-18-39(19-17-38)34-35-24-10-4-2-9-22(24)31(36-34)30-29(32(45)37-33(30)46)23-20-40(25-11-5-3-8-21(23)25)15-7-6-12-28(44)47-41-26(42)13-14-27(41)43/h2-5,8-11,13-14,20,42-43H,6-7,12,15-19H2,1H3,(H,37,45,46). The zero-order valence-electron chi connectivity index (χ0n) is 25.7. The highest BCUT2D eigenvalue weighted by Gasteiger charge is 2.36. The molecule has 1 saturated heterocycles. The van der Waals surface area contributed by atoms with Crippen molar-refractivity contribution < 1.29 is 29.4 Å². The van der Waals surface area contributed by atoms with Crippen molar-refractivity contribution in [2.24, 2.45) is 0 Å². The summed E-state index contributed by atoms with van der Waals surface area (Å²) in [6, 6.07) is 17.6. The molecule has 0 atom stereocenters. The van der Waals surface area contributed by atoms with Gasteiger partial charge in [0, 0.05) is 79.3 Å². The van der Waals surface area contributed by atoms with E-state index in [1.165, 1.54) is 12.1 Å². The molecule has 240 valence electrons. The second-order valence-corrected chi connectivity index (χ2v) is 11.7. The molecular formula is C34H33N7O6. The predicted molar refractivity (Wildman–Crippen MR) is 174 cm³/mol. The quantitative estimate of drug-likeness (QED) is 0.163.